The second-order valence-corrected chi connectivity index (χ2v) is 5.13. The van der Waals surface area contributed by atoms with E-state index in [4.69, 9.17) is 5.26 Å². The van der Waals surface area contributed by atoms with Crippen LogP contribution in [0.2, 0.25) is 0 Å². The maximum absolute atomic E-state index is 9.33. The number of aryl methyl sites for hydroxylation is 1. The Labute approximate surface area is 106 Å². The van der Waals surface area contributed by atoms with E-state index in [2.05, 4.69) is 11.1 Å². The summed E-state index contributed by atoms with van der Waals surface area (Å²) in [6, 6.07) is 6.12. The largest absolute Gasteiger partial charge is 0.392 e. The Morgan fingerprint density at radius 1 is 1.50 bits per heavy atom. The highest BCUT2D eigenvalue weighted by atomic mass is 16.3. The summed E-state index contributed by atoms with van der Waals surface area (Å²) in [6.45, 7) is 4.60. The molecule has 2 aromatic heterocycles. The van der Waals surface area contributed by atoms with Crippen LogP contribution in [0.15, 0.2) is 24.5 Å². The lowest BCUT2D eigenvalue weighted by Gasteiger charge is -2.15. The zero-order valence-electron chi connectivity index (χ0n) is 10.7. The number of aliphatic hydroxyl groups excluding tert-OH is 1. The lowest BCUT2D eigenvalue weighted by molar-refractivity contribution is 0.283. The van der Waals surface area contributed by atoms with Gasteiger partial charge in [-0.05, 0) is 32.4 Å². The van der Waals surface area contributed by atoms with Gasteiger partial charge in [0.05, 0.1) is 18.1 Å². The first kappa shape index (κ1) is 12.6. The molecular formula is C14H17N3O. The van der Waals surface area contributed by atoms with Crippen LogP contribution >= 0.6 is 0 Å². The van der Waals surface area contributed by atoms with Crippen molar-refractivity contribution in [3.05, 3.63) is 30.1 Å². The van der Waals surface area contributed by atoms with Crippen molar-refractivity contribution in [3.63, 3.8) is 0 Å². The van der Waals surface area contributed by atoms with Crippen molar-refractivity contribution in [3.8, 4) is 6.07 Å². The Bertz CT molecular complexity index is 593. The smallest absolute Gasteiger partial charge is 0.140 e. The van der Waals surface area contributed by atoms with Crippen molar-refractivity contribution >= 4 is 11.0 Å². The minimum atomic E-state index is -0.343. The number of aliphatic hydroxyl groups is 1. The van der Waals surface area contributed by atoms with Crippen LogP contribution in [0.4, 0.5) is 0 Å². The van der Waals surface area contributed by atoms with Gasteiger partial charge in [0, 0.05) is 29.9 Å². The molecule has 2 rings (SSSR count). The second-order valence-electron chi connectivity index (χ2n) is 5.13. The molecule has 0 radical (unpaired) electrons. The van der Waals surface area contributed by atoms with Gasteiger partial charge in [-0.1, -0.05) is 0 Å². The van der Waals surface area contributed by atoms with Crippen molar-refractivity contribution in [2.24, 2.45) is 5.41 Å². The van der Waals surface area contributed by atoms with E-state index in [1.807, 2.05) is 36.7 Å². The summed E-state index contributed by atoms with van der Waals surface area (Å²) in [4.78, 5) is 4.35. The lowest BCUT2D eigenvalue weighted by Crippen LogP contribution is -2.12. The third kappa shape index (κ3) is 2.36. The summed E-state index contributed by atoms with van der Waals surface area (Å²) in [6.07, 6.45) is 4.43. The normalized spacial score (nSPS) is 11.7. The Kier molecular flexibility index (Phi) is 3.35. The van der Waals surface area contributed by atoms with Gasteiger partial charge in [0.2, 0.25) is 0 Å². The minimum absolute atomic E-state index is 0.0108. The van der Waals surface area contributed by atoms with E-state index in [9.17, 15) is 5.11 Å². The van der Waals surface area contributed by atoms with Crippen LogP contribution in [-0.4, -0.2) is 14.7 Å². The van der Waals surface area contributed by atoms with Crippen LogP contribution in [0.3, 0.4) is 0 Å². The molecule has 0 aromatic carbocycles. The third-order valence-electron chi connectivity index (χ3n) is 3.17. The highest BCUT2D eigenvalue weighted by molar-refractivity contribution is 5.80. The summed E-state index contributed by atoms with van der Waals surface area (Å²) in [7, 11) is 0. The quantitative estimate of drug-likeness (QED) is 0.897. The van der Waals surface area contributed by atoms with Gasteiger partial charge < -0.3 is 9.67 Å². The first-order valence-corrected chi connectivity index (χ1v) is 6.02. The van der Waals surface area contributed by atoms with Crippen molar-refractivity contribution < 1.29 is 5.11 Å². The fourth-order valence-corrected chi connectivity index (χ4v) is 1.95. The van der Waals surface area contributed by atoms with E-state index in [0.717, 1.165) is 29.6 Å². The molecule has 0 amide bonds. The molecule has 94 valence electrons. The summed E-state index contributed by atoms with van der Waals surface area (Å²) in [5.41, 5.74) is 1.41. The van der Waals surface area contributed by atoms with E-state index in [1.165, 1.54) is 0 Å². The summed E-state index contributed by atoms with van der Waals surface area (Å²) < 4.78 is 2.01. The predicted molar refractivity (Wildman–Crippen MR) is 69.7 cm³/mol. The monoisotopic (exact) mass is 243 g/mol. The van der Waals surface area contributed by atoms with E-state index < -0.39 is 0 Å². The van der Waals surface area contributed by atoms with E-state index >= 15 is 0 Å². The number of hydrogen-bond acceptors (Lipinski definition) is 3. The molecule has 0 saturated carbocycles. The summed E-state index contributed by atoms with van der Waals surface area (Å²) in [5.74, 6) is 0. The van der Waals surface area contributed by atoms with Gasteiger partial charge in [-0.25, -0.2) is 4.98 Å². The first-order valence-electron chi connectivity index (χ1n) is 6.02. The standard InChI is InChI=1S/C14H17N3O/c1-14(2,10-15)5-7-17-8-11(9-18)12-4-3-6-16-13(12)17/h3-4,6,8,18H,5,7,9H2,1-2H3. The average Bonchev–Trinajstić information content (AvgIpc) is 2.75. The van der Waals surface area contributed by atoms with Gasteiger partial charge in [-0.2, -0.15) is 5.26 Å². The minimum Gasteiger partial charge on any atom is -0.392 e. The Balaban J connectivity index is 2.32. The van der Waals surface area contributed by atoms with E-state index in [1.54, 1.807) is 6.20 Å². The molecular weight excluding hydrogens is 226 g/mol. The van der Waals surface area contributed by atoms with Crippen LogP contribution in [0.25, 0.3) is 11.0 Å². The number of rotatable bonds is 4. The van der Waals surface area contributed by atoms with E-state index in [0.29, 0.717) is 0 Å². The molecule has 0 aliphatic rings. The molecule has 0 spiro atoms. The molecule has 0 atom stereocenters. The fraction of sp³-hybridized carbons (Fsp3) is 0.429. The zero-order valence-corrected chi connectivity index (χ0v) is 10.7. The van der Waals surface area contributed by atoms with Crippen LogP contribution in [0, 0.1) is 16.7 Å². The molecule has 2 aromatic rings. The van der Waals surface area contributed by atoms with Crippen LogP contribution in [0.5, 0.6) is 0 Å². The van der Waals surface area contributed by atoms with Crippen LogP contribution in [0.1, 0.15) is 25.8 Å². The van der Waals surface area contributed by atoms with E-state index in [-0.39, 0.29) is 12.0 Å². The number of hydrogen-bond donors (Lipinski definition) is 1. The van der Waals surface area contributed by atoms with Crippen molar-refractivity contribution in [1.82, 2.24) is 9.55 Å². The Morgan fingerprint density at radius 3 is 2.94 bits per heavy atom. The molecule has 0 fully saturated rings. The molecule has 1 N–H and O–H groups in total. The SMILES string of the molecule is CC(C)(C#N)CCn1cc(CO)c2cccnc21. The fourth-order valence-electron chi connectivity index (χ4n) is 1.95. The number of aromatic nitrogens is 2. The number of nitriles is 1. The molecule has 0 aliphatic heterocycles. The van der Waals surface area contributed by atoms with Crippen LogP contribution < -0.4 is 0 Å². The van der Waals surface area contributed by atoms with Gasteiger partial charge in [0.15, 0.2) is 0 Å². The molecule has 18 heavy (non-hydrogen) atoms. The number of pyridine rings is 1. The number of nitrogens with zero attached hydrogens (tertiary/aromatic N) is 3. The average molecular weight is 243 g/mol. The Morgan fingerprint density at radius 2 is 2.28 bits per heavy atom. The molecule has 4 nitrogen and oxygen atoms in total. The van der Waals surface area contributed by atoms with Crippen molar-refractivity contribution in [1.29, 1.82) is 5.26 Å². The second kappa shape index (κ2) is 4.79. The van der Waals surface area contributed by atoms with Crippen LogP contribution in [-0.2, 0) is 13.2 Å². The molecule has 0 saturated heterocycles. The van der Waals surface area contributed by atoms with Crippen molar-refractivity contribution in [2.45, 2.75) is 33.4 Å². The van der Waals surface area contributed by atoms with Gasteiger partial charge in [-0.3, -0.25) is 0 Å². The number of fused-ring (bicyclic) bond motifs is 1. The predicted octanol–water partition coefficient (Wildman–Crippen LogP) is 2.47. The first-order chi connectivity index (χ1) is 8.57. The maximum Gasteiger partial charge on any atom is 0.140 e. The van der Waals surface area contributed by atoms with Gasteiger partial charge in [0.1, 0.15) is 5.65 Å². The highest BCUT2D eigenvalue weighted by Crippen LogP contribution is 2.24. The lowest BCUT2D eigenvalue weighted by atomic mass is 9.91. The molecule has 4 heteroatoms. The maximum atomic E-state index is 9.33. The van der Waals surface area contributed by atoms with Crippen molar-refractivity contribution in [2.75, 3.05) is 0 Å². The van der Waals surface area contributed by atoms with Gasteiger partial charge in [-0.15, -0.1) is 0 Å². The molecule has 2 heterocycles. The molecule has 0 bridgehead atoms. The highest BCUT2D eigenvalue weighted by Gasteiger charge is 2.17. The Hall–Kier alpha value is -1.86. The van der Waals surface area contributed by atoms with Gasteiger partial charge in [0.25, 0.3) is 0 Å². The van der Waals surface area contributed by atoms with Gasteiger partial charge >= 0.3 is 0 Å². The third-order valence-corrected chi connectivity index (χ3v) is 3.17. The molecule has 0 aliphatic carbocycles. The summed E-state index contributed by atoms with van der Waals surface area (Å²) in [5, 5.41) is 19.3. The summed E-state index contributed by atoms with van der Waals surface area (Å²) >= 11 is 0. The molecule has 0 unspecified atom stereocenters. The zero-order chi connectivity index (χ0) is 13.2. The topological polar surface area (TPSA) is 61.8 Å².